The summed E-state index contributed by atoms with van der Waals surface area (Å²) in [5.41, 5.74) is 0.952. The molecular weight excluding hydrogens is 143 g/mol. The van der Waals surface area contributed by atoms with E-state index in [0.717, 1.165) is 12.0 Å². The van der Waals surface area contributed by atoms with Crippen LogP contribution in [-0.2, 0) is 0 Å². The molecule has 0 aliphatic carbocycles. The zero-order chi connectivity index (χ0) is 8.69. The maximum atomic E-state index is 12.3. The van der Waals surface area contributed by atoms with Crippen LogP contribution in [0.15, 0.2) is 36.2 Å². The van der Waals surface area contributed by atoms with Crippen LogP contribution in [0.25, 0.3) is 0 Å². The normalized spacial score (nSPS) is 13.4. The molecule has 62 valence electrons. The molecule has 1 nitrogen and oxygen atoms in total. The third-order valence-corrected chi connectivity index (χ3v) is 1.30. The van der Waals surface area contributed by atoms with Gasteiger partial charge in [0.2, 0.25) is 0 Å². The first-order valence-corrected chi connectivity index (χ1v) is 3.53. The minimum atomic E-state index is -0.537. The SMILES string of the molecule is C=C/C(=C\C=C(\F)CO)CC. The van der Waals surface area contributed by atoms with Gasteiger partial charge in [-0.2, -0.15) is 0 Å². The van der Waals surface area contributed by atoms with Gasteiger partial charge in [-0.05, 0) is 18.1 Å². The van der Waals surface area contributed by atoms with Gasteiger partial charge in [0.05, 0.1) is 6.61 Å². The van der Waals surface area contributed by atoms with Crippen LogP contribution in [-0.4, -0.2) is 11.7 Å². The molecule has 0 spiro atoms. The second kappa shape index (κ2) is 5.86. The molecule has 11 heavy (non-hydrogen) atoms. The fourth-order valence-electron chi connectivity index (χ4n) is 0.580. The minimum Gasteiger partial charge on any atom is -0.389 e. The number of hydrogen-bond acceptors (Lipinski definition) is 1. The number of aliphatic hydroxyl groups is 1. The highest BCUT2D eigenvalue weighted by atomic mass is 19.1. The van der Waals surface area contributed by atoms with Crippen molar-refractivity contribution in [2.45, 2.75) is 13.3 Å². The van der Waals surface area contributed by atoms with Crippen LogP contribution in [0.1, 0.15) is 13.3 Å². The third-order valence-electron chi connectivity index (χ3n) is 1.30. The van der Waals surface area contributed by atoms with Gasteiger partial charge in [-0.3, -0.25) is 0 Å². The highest BCUT2D eigenvalue weighted by molar-refractivity contribution is 5.22. The van der Waals surface area contributed by atoms with Gasteiger partial charge in [-0.25, -0.2) is 4.39 Å². The summed E-state index contributed by atoms with van der Waals surface area (Å²) in [6.45, 7) is 4.97. The van der Waals surface area contributed by atoms with E-state index in [1.165, 1.54) is 6.08 Å². The summed E-state index contributed by atoms with van der Waals surface area (Å²) in [6, 6.07) is 0. The van der Waals surface area contributed by atoms with Crippen LogP contribution < -0.4 is 0 Å². The lowest BCUT2D eigenvalue weighted by Crippen LogP contribution is -1.80. The van der Waals surface area contributed by atoms with Crippen molar-refractivity contribution in [1.29, 1.82) is 0 Å². The van der Waals surface area contributed by atoms with E-state index in [-0.39, 0.29) is 0 Å². The predicted octanol–water partition coefficient (Wildman–Crippen LogP) is 2.35. The quantitative estimate of drug-likeness (QED) is 0.619. The van der Waals surface area contributed by atoms with Crippen LogP contribution in [0.2, 0.25) is 0 Å². The standard InChI is InChI=1S/C9H13FO/c1-3-8(4-2)5-6-9(10)7-11/h3,5-6,11H,1,4,7H2,2H3/b8-5+,9-6+. The van der Waals surface area contributed by atoms with Gasteiger partial charge >= 0.3 is 0 Å². The van der Waals surface area contributed by atoms with Crippen molar-refractivity contribution in [3.05, 3.63) is 36.2 Å². The van der Waals surface area contributed by atoms with Crippen LogP contribution in [0, 0.1) is 0 Å². The lowest BCUT2D eigenvalue weighted by Gasteiger charge is -1.92. The van der Waals surface area contributed by atoms with Crippen molar-refractivity contribution in [3.8, 4) is 0 Å². The van der Waals surface area contributed by atoms with Crippen molar-refractivity contribution in [3.63, 3.8) is 0 Å². The average Bonchev–Trinajstić information content (AvgIpc) is 2.06. The van der Waals surface area contributed by atoms with E-state index >= 15 is 0 Å². The molecule has 1 N–H and O–H groups in total. The molecule has 0 aliphatic rings. The first-order valence-electron chi connectivity index (χ1n) is 3.53. The molecule has 0 bridgehead atoms. The van der Waals surface area contributed by atoms with Gasteiger partial charge in [0, 0.05) is 0 Å². The van der Waals surface area contributed by atoms with E-state index < -0.39 is 12.4 Å². The summed E-state index contributed by atoms with van der Waals surface area (Å²) in [6.07, 6.45) is 5.35. The van der Waals surface area contributed by atoms with Crippen molar-refractivity contribution >= 4 is 0 Å². The maximum absolute atomic E-state index is 12.3. The number of rotatable bonds is 4. The molecule has 0 saturated heterocycles. The Bertz CT molecular complexity index is 180. The fourth-order valence-corrected chi connectivity index (χ4v) is 0.580. The zero-order valence-electron chi connectivity index (χ0n) is 6.68. The monoisotopic (exact) mass is 156 g/mol. The number of aliphatic hydroxyl groups excluding tert-OH is 1. The molecule has 0 atom stereocenters. The second-order valence-corrected chi connectivity index (χ2v) is 2.07. The number of allylic oxidation sites excluding steroid dienone is 4. The molecule has 0 aliphatic heterocycles. The Morgan fingerprint density at radius 1 is 1.55 bits per heavy atom. The average molecular weight is 156 g/mol. The molecule has 0 aromatic carbocycles. The lowest BCUT2D eigenvalue weighted by atomic mass is 10.2. The van der Waals surface area contributed by atoms with Gasteiger partial charge in [0.25, 0.3) is 0 Å². The van der Waals surface area contributed by atoms with Gasteiger partial charge in [0.15, 0.2) is 0 Å². The van der Waals surface area contributed by atoms with Crippen molar-refractivity contribution in [2.75, 3.05) is 6.61 Å². The molecule has 0 unspecified atom stereocenters. The van der Waals surface area contributed by atoms with Crippen molar-refractivity contribution in [1.82, 2.24) is 0 Å². The maximum Gasteiger partial charge on any atom is 0.125 e. The Morgan fingerprint density at radius 2 is 2.18 bits per heavy atom. The first kappa shape index (κ1) is 10.1. The van der Waals surface area contributed by atoms with Crippen LogP contribution >= 0.6 is 0 Å². The van der Waals surface area contributed by atoms with Gasteiger partial charge < -0.3 is 5.11 Å². The molecule has 0 fully saturated rings. The molecule has 0 radical (unpaired) electrons. The Labute approximate surface area is 66.5 Å². The Balaban J connectivity index is 4.17. The summed E-state index contributed by atoms with van der Waals surface area (Å²) in [4.78, 5) is 0. The van der Waals surface area contributed by atoms with E-state index in [9.17, 15) is 4.39 Å². The summed E-state index contributed by atoms with van der Waals surface area (Å²) in [5, 5.41) is 8.29. The lowest BCUT2D eigenvalue weighted by molar-refractivity contribution is 0.298. The van der Waals surface area contributed by atoms with E-state index in [1.807, 2.05) is 6.92 Å². The summed E-state index contributed by atoms with van der Waals surface area (Å²) in [7, 11) is 0. The van der Waals surface area contributed by atoms with Crippen LogP contribution in [0.5, 0.6) is 0 Å². The van der Waals surface area contributed by atoms with E-state index in [0.29, 0.717) is 0 Å². The van der Waals surface area contributed by atoms with Crippen molar-refractivity contribution < 1.29 is 9.50 Å². The molecule has 0 aromatic heterocycles. The Morgan fingerprint density at radius 3 is 2.55 bits per heavy atom. The summed E-state index contributed by atoms with van der Waals surface area (Å²) in [5.74, 6) is -0.530. The van der Waals surface area contributed by atoms with E-state index in [2.05, 4.69) is 6.58 Å². The molecule has 0 aromatic rings. The molecule has 0 amide bonds. The number of halogens is 1. The Hall–Kier alpha value is -0.890. The first-order chi connectivity index (χ1) is 5.24. The molecule has 2 heteroatoms. The van der Waals surface area contributed by atoms with E-state index in [4.69, 9.17) is 5.11 Å². The van der Waals surface area contributed by atoms with Gasteiger partial charge in [-0.15, -0.1) is 0 Å². The highest BCUT2D eigenvalue weighted by Gasteiger charge is 1.87. The highest BCUT2D eigenvalue weighted by Crippen LogP contribution is 2.03. The van der Waals surface area contributed by atoms with Gasteiger partial charge in [-0.1, -0.05) is 25.7 Å². The Kier molecular flexibility index (Phi) is 5.39. The second-order valence-electron chi connectivity index (χ2n) is 2.07. The largest absolute Gasteiger partial charge is 0.389 e. The van der Waals surface area contributed by atoms with E-state index in [1.54, 1.807) is 12.2 Å². The van der Waals surface area contributed by atoms with Crippen LogP contribution in [0.3, 0.4) is 0 Å². The summed E-state index contributed by atoms with van der Waals surface area (Å²) < 4.78 is 12.3. The predicted molar refractivity (Wildman–Crippen MR) is 44.8 cm³/mol. The summed E-state index contributed by atoms with van der Waals surface area (Å²) >= 11 is 0. The number of hydrogen-bond donors (Lipinski definition) is 1. The molecular formula is C9H13FO. The third kappa shape index (κ3) is 4.51. The van der Waals surface area contributed by atoms with Crippen molar-refractivity contribution in [2.24, 2.45) is 0 Å². The smallest absolute Gasteiger partial charge is 0.125 e. The van der Waals surface area contributed by atoms with Crippen LogP contribution in [0.4, 0.5) is 4.39 Å². The van der Waals surface area contributed by atoms with Gasteiger partial charge in [0.1, 0.15) is 5.83 Å². The molecule has 0 rings (SSSR count). The molecule has 0 heterocycles. The molecule has 0 saturated carbocycles. The minimum absolute atomic E-state index is 0.530. The topological polar surface area (TPSA) is 20.2 Å². The fraction of sp³-hybridized carbons (Fsp3) is 0.333. The zero-order valence-corrected chi connectivity index (χ0v) is 6.68.